The molecule has 2 heterocycles. The van der Waals surface area contributed by atoms with Gasteiger partial charge in [-0.2, -0.15) is 0 Å². The highest BCUT2D eigenvalue weighted by Gasteiger charge is 2.44. The zero-order chi connectivity index (χ0) is 37.8. The van der Waals surface area contributed by atoms with Crippen LogP contribution < -0.4 is 20.7 Å². The summed E-state index contributed by atoms with van der Waals surface area (Å²) in [4.78, 5) is 0. The minimum atomic E-state index is -2.98. The highest BCUT2D eigenvalue weighted by Crippen LogP contribution is 2.42. The van der Waals surface area contributed by atoms with Crippen LogP contribution in [0.2, 0.25) is 0 Å². The number of para-hydroxylation sites is 4. The van der Waals surface area contributed by atoms with Gasteiger partial charge in [-0.25, -0.2) is 0 Å². The predicted molar refractivity (Wildman–Crippen MR) is 244 cm³/mol. The summed E-state index contributed by atoms with van der Waals surface area (Å²) in [5.74, 6) is 0. The van der Waals surface area contributed by atoms with E-state index in [1.54, 1.807) is 0 Å². The van der Waals surface area contributed by atoms with Crippen molar-refractivity contribution in [1.29, 1.82) is 0 Å². The number of rotatable bonds is 7. The smallest absolute Gasteiger partial charge is 0.180 e. The Morgan fingerprint density at radius 1 is 0.298 bits per heavy atom. The standard InChI is InChI=1S/C54H38N2Si/c1-6-21-39(22-7-1)52-51(57(41-25-10-3-11-26-41,42-27-12-4-13-28-42)43-29-14-5-15-30-43)38-37-47-45-32-17-19-35-49(45)56(54(47)52)50-36-20-33-46-44-31-16-18-34-48(44)55(53(46)50)40-23-8-2-9-24-40/h1-38H. The average molecular weight is 743 g/mol. The molecule has 57 heavy (non-hydrogen) atoms. The van der Waals surface area contributed by atoms with Gasteiger partial charge in [0.2, 0.25) is 0 Å². The summed E-state index contributed by atoms with van der Waals surface area (Å²) in [6, 6.07) is 85.4. The number of nitrogens with zero attached hydrogens (tertiary/aromatic N) is 2. The van der Waals surface area contributed by atoms with Crippen LogP contribution in [0.3, 0.4) is 0 Å². The summed E-state index contributed by atoms with van der Waals surface area (Å²) in [5.41, 5.74) is 9.56. The van der Waals surface area contributed by atoms with Crippen LogP contribution >= 0.6 is 0 Å². The predicted octanol–water partition coefficient (Wildman–Crippen LogP) is 10.9. The minimum absolute atomic E-state index is 1.14. The maximum atomic E-state index is 2.58. The van der Waals surface area contributed by atoms with Crippen molar-refractivity contribution in [1.82, 2.24) is 9.13 Å². The fraction of sp³-hybridized carbons (Fsp3) is 0. The average Bonchev–Trinajstić information content (AvgIpc) is 3.82. The van der Waals surface area contributed by atoms with Gasteiger partial charge in [0.05, 0.1) is 27.8 Å². The molecule has 11 rings (SSSR count). The van der Waals surface area contributed by atoms with Crippen molar-refractivity contribution >= 4 is 72.4 Å². The van der Waals surface area contributed by atoms with Crippen molar-refractivity contribution in [2.45, 2.75) is 0 Å². The van der Waals surface area contributed by atoms with Gasteiger partial charge in [0.25, 0.3) is 0 Å². The molecule has 0 saturated heterocycles. The van der Waals surface area contributed by atoms with E-state index in [1.165, 1.54) is 75.5 Å². The Kier molecular flexibility index (Phi) is 7.87. The number of fused-ring (bicyclic) bond motifs is 6. The first-order valence-electron chi connectivity index (χ1n) is 19.7. The van der Waals surface area contributed by atoms with Gasteiger partial charge in [-0.05, 0) is 56.6 Å². The summed E-state index contributed by atoms with van der Waals surface area (Å²) in [5, 5.41) is 10.4. The Bertz CT molecular complexity index is 3110. The van der Waals surface area contributed by atoms with Crippen LogP contribution in [-0.2, 0) is 0 Å². The summed E-state index contributed by atoms with van der Waals surface area (Å²) in [6.07, 6.45) is 0. The van der Waals surface area contributed by atoms with Gasteiger partial charge < -0.3 is 9.13 Å². The quantitative estimate of drug-likeness (QED) is 0.114. The lowest BCUT2D eigenvalue weighted by molar-refractivity contribution is 1.13. The van der Waals surface area contributed by atoms with Crippen LogP contribution in [0.5, 0.6) is 0 Å². The highest BCUT2D eigenvalue weighted by atomic mass is 28.3. The van der Waals surface area contributed by atoms with Crippen molar-refractivity contribution in [2.75, 3.05) is 0 Å². The van der Waals surface area contributed by atoms with Gasteiger partial charge in [0.15, 0.2) is 8.07 Å². The molecule has 11 aromatic rings. The second-order valence-corrected chi connectivity index (χ2v) is 18.6. The topological polar surface area (TPSA) is 9.86 Å². The van der Waals surface area contributed by atoms with E-state index in [0.717, 1.165) is 11.4 Å². The van der Waals surface area contributed by atoms with Crippen molar-refractivity contribution in [2.24, 2.45) is 0 Å². The summed E-state index contributed by atoms with van der Waals surface area (Å²) >= 11 is 0. The molecule has 0 N–H and O–H groups in total. The van der Waals surface area contributed by atoms with Crippen LogP contribution in [0.1, 0.15) is 0 Å². The van der Waals surface area contributed by atoms with Gasteiger partial charge in [-0.15, -0.1) is 0 Å². The second kappa shape index (κ2) is 13.5. The Balaban J connectivity index is 1.38. The lowest BCUT2D eigenvalue weighted by atomic mass is 10.0. The molecule has 3 heteroatoms. The molecule has 2 aromatic heterocycles. The van der Waals surface area contributed by atoms with Crippen LogP contribution in [-0.4, -0.2) is 17.2 Å². The third kappa shape index (κ3) is 5.03. The first-order chi connectivity index (χ1) is 28.3. The van der Waals surface area contributed by atoms with Crippen LogP contribution in [0, 0.1) is 0 Å². The fourth-order valence-electron chi connectivity index (χ4n) is 9.57. The van der Waals surface area contributed by atoms with Crippen molar-refractivity contribution < 1.29 is 0 Å². The number of aromatic nitrogens is 2. The van der Waals surface area contributed by atoms with E-state index in [-0.39, 0.29) is 0 Å². The van der Waals surface area contributed by atoms with Crippen molar-refractivity contribution in [3.8, 4) is 22.5 Å². The maximum Gasteiger partial charge on any atom is 0.180 e. The number of hydrogen-bond donors (Lipinski definition) is 0. The van der Waals surface area contributed by atoms with E-state index >= 15 is 0 Å². The van der Waals surface area contributed by atoms with E-state index in [9.17, 15) is 0 Å². The molecule has 0 spiro atoms. The molecule has 0 saturated carbocycles. The lowest BCUT2D eigenvalue weighted by Gasteiger charge is -2.36. The van der Waals surface area contributed by atoms with Gasteiger partial charge in [0.1, 0.15) is 0 Å². The molecule has 2 nitrogen and oxygen atoms in total. The normalized spacial score (nSPS) is 11.9. The Morgan fingerprint density at radius 2 is 0.737 bits per heavy atom. The molecule has 268 valence electrons. The van der Waals surface area contributed by atoms with Crippen molar-refractivity contribution in [3.05, 3.63) is 231 Å². The number of benzene rings is 9. The monoisotopic (exact) mass is 742 g/mol. The molecule has 0 aliphatic rings. The van der Waals surface area contributed by atoms with E-state index in [2.05, 4.69) is 240 Å². The molecule has 0 amide bonds. The van der Waals surface area contributed by atoms with E-state index in [4.69, 9.17) is 0 Å². The molecule has 9 aromatic carbocycles. The SMILES string of the molecule is c1ccc(-c2c([Si](c3ccccc3)(c3ccccc3)c3ccccc3)ccc3c4ccccc4n(-c4cccc5c6ccccc6n(-c6ccccc6)c45)c23)cc1. The van der Waals surface area contributed by atoms with Gasteiger partial charge in [-0.1, -0.05) is 200 Å². The molecular weight excluding hydrogens is 705 g/mol. The van der Waals surface area contributed by atoms with Gasteiger partial charge in [0, 0.05) is 32.8 Å². The molecule has 0 radical (unpaired) electrons. The lowest BCUT2D eigenvalue weighted by Crippen LogP contribution is -2.75. The molecule has 0 aliphatic heterocycles. The molecule has 0 unspecified atom stereocenters. The Labute approximate surface area is 333 Å². The summed E-state index contributed by atoms with van der Waals surface area (Å²) in [7, 11) is -2.98. The maximum absolute atomic E-state index is 2.98. The summed E-state index contributed by atoms with van der Waals surface area (Å²) < 4.78 is 5.04. The van der Waals surface area contributed by atoms with Crippen LogP contribution in [0.25, 0.3) is 66.1 Å². The zero-order valence-electron chi connectivity index (χ0n) is 31.3. The minimum Gasteiger partial charge on any atom is -0.307 e. The summed E-state index contributed by atoms with van der Waals surface area (Å²) in [6.45, 7) is 0. The number of hydrogen-bond acceptors (Lipinski definition) is 0. The van der Waals surface area contributed by atoms with E-state index < -0.39 is 8.07 Å². The largest absolute Gasteiger partial charge is 0.307 e. The first kappa shape index (κ1) is 33.2. The molecule has 0 atom stereocenters. The van der Waals surface area contributed by atoms with E-state index in [1.807, 2.05) is 0 Å². The van der Waals surface area contributed by atoms with Gasteiger partial charge in [-0.3, -0.25) is 0 Å². The molecule has 0 aliphatic carbocycles. The molecule has 0 bridgehead atoms. The fourth-order valence-corrected chi connectivity index (χ4v) is 14.6. The molecular formula is C54H38N2Si. The van der Waals surface area contributed by atoms with Crippen LogP contribution in [0.4, 0.5) is 0 Å². The van der Waals surface area contributed by atoms with Crippen molar-refractivity contribution in [3.63, 3.8) is 0 Å². The zero-order valence-corrected chi connectivity index (χ0v) is 32.3. The van der Waals surface area contributed by atoms with E-state index in [0.29, 0.717) is 0 Å². The highest BCUT2D eigenvalue weighted by molar-refractivity contribution is 7.20. The Hall–Kier alpha value is -7.20. The molecule has 0 fully saturated rings. The van der Waals surface area contributed by atoms with Crippen LogP contribution in [0.15, 0.2) is 231 Å². The Morgan fingerprint density at radius 3 is 1.30 bits per heavy atom. The third-order valence-electron chi connectivity index (χ3n) is 11.9. The third-order valence-corrected chi connectivity index (χ3v) is 16.7. The first-order valence-corrected chi connectivity index (χ1v) is 21.7. The second-order valence-electron chi connectivity index (χ2n) is 14.8. The van der Waals surface area contributed by atoms with Gasteiger partial charge >= 0.3 is 0 Å².